The molecule has 96 valence electrons. The molecule has 0 aliphatic heterocycles. The molecule has 2 heteroatoms. The molecule has 0 radical (unpaired) electrons. The highest BCUT2D eigenvalue weighted by Crippen LogP contribution is 2.23. The number of hydrogen-bond acceptors (Lipinski definition) is 2. The Morgan fingerprint density at radius 3 is 2.41 bits per heavy atom. The maximum absolute atomic E-state index is 9.75. The molecular weight excluding hydrogens is 212 g/mol. The van der Waals surface area contributed by atoms with Gasteiger partial charge in [-0.3, -0.25) is 0 Å². The van der Waals surface area contributed by atoms with E-state index in [-0.39, 0.29) is 6.61 Å². The molecule has 0 aromatic heterocycles. The number of aliphatic hydroxyl groups is 1. The molecule has 0 saturated heterocycles. The van der Waals surface area contributed by atoms with E-state index in [0.29, 0.717) is 5.75 Å². The molecule has 0 aliphatic carbocycles. The molecule has 1 aromatic rings. The highest BCUT2D eigenvalue weighted by Gasteiger charge is 2.06. The van der Waals surface area contributed by atoms with Crippen molar-refractivity contribution in [2.45, 2.75) is 58.5 Å². The number of rotatable bonds is 8. The van der Waals surface area contributed by atoms with Crippen LogP contribution in [-0.2, 0) is 13.0 Å². The molecule has 0 fully saturated rings. The van der Waals surface area contributed by atoms with E-state index in [1.54, 1.807) is 12.1 Å². The van der Waals surface area contributed by atoms with E-state index in [2.05, 4.69) is 6.92 Å². The first kappa shape index (κ1) is 14.0. The van der Waals surface area contributed by atoms with E-state index in [1.165, 1.54) is 32.1 Å². The lowest BCUT2D eigenvalue weighted by molar-refractivity contribution is 0.279. The molecule has 0 atom stereocenters. The van der Waals surface area contributed by atoms with Crippen molar-refractivity contribution in [1.82, 2.24) is 0 Å². The molecule has 1 aromatic carbocycles. The van der Waals surface area contributed by atoms with Crippen LogP contribution < -0.4 is 0 Å². The van der Waals surface area contributed by atoms with Crippen LogP contribution in [0.5, 0.6) is 5.75 Å². The predicted molar refractivity (Wildman–Crippen MR) is 71.1 cm³/mol. The molecule has 17 heavy (non-hydrogen) atoms. The van der Waals surface area contributed by atoms with Crippen LogP contribution in [0.1, 0.15) is 56.6 Å². The first-order valence-electron chi connectivity index (χ1n) is 6.70. The highest BCUT2D eigenvalue weighted by atomic mass is 16.3. The van der Waals surface area contributed by atoms with Crippen molar-refractivity contribution < 1.29 is 10.2 Å². The number of aromatic hydroxyl groups is 1. The highest BCUT2D eigenvalue weighted by molar-refractivity contribution is 5.38. The number of phenols is 1. The monoisotopic (exact) mass is 236 g/mol. The predicted octanol–water partition coefficient (Wildman–Crippen LogP) is 3.79. The summed E-state index contributed by atoms with van der Waals surface area (Å²) in [7, 11) is 0. The summed E-state index contributed by atoms with van der Waals surface area (Å²) < 4.78 is 0. The van der Waals surface area contributed by atoms with Crippen LogP contribution in [0.25, 0.3) is 0 Å². The van der Waals surface area contributed by atoms with Crippen LogP contribution >= 0.6 is 0 Å². The van der Waals surface area contributed by atoms with Gasteiger partial charge in [-0.25, -0.2) is 0 Å². The molecule has 1 rings (SSSR count). The Bertz CT molecular complexity index is 321. The number of aliphatic hydroxyl groups excluding tert-OH is 1. The fourth-order valence-corrected chi connectivity index (χ4v) is 2.14. The quantitative estimate of drug-likeness (QED) is 0.674. The van der Waals surface area contributed by atoms with Gasteiger partial charge in [0.15, 0.2) is 0 Å². The zero-order valence-corrected chi connectivity index (χ0v) is 10.8. The van der Waals surface area contributed by atoms with Crippen LogP contribution in [0.2, 0.25) is 0 Å². The van der Waals surface area contributed by atoms with Crippen molar-refractivity contribution in [3.63, 3.8) is 0 Å². The molecule has 0 spiro atoms. The molecule has 0 amide bonds. The van der Waals surface area contributed by atoms with Gasteiger partial charge in [0.2, 0.25) is 0 Å². The summed E-state index contributed by atoms with van der Waals surface area (Å²) in [6, 6.07) is 5.36. The minimum atomic E-state index is 0.0135. The van der Waals surface area contributed by atoms with Crippen molar-refractivity contribution >= 4 is 0 Å². The zero-order valence-electron chi connectivity index (χ0n) is 10.8. The van der Waals surface area contributed by atoms with Crippen molar-refractivity contribution in [2.75, 3.05) is 0 Å². The van der Waals surface area contributed by atoms with Gasteiger partial charge in [-0.15, -0.1) is 0 Å². The summed E-state index contributed by atoms with van der Waals surface area (Å²) in [6.07, 6.45) is 8.34. The van der Waals surface area contributed by atoms with E-state index in [9.17, 15) is 10.2 Å². The molecule has 0 aliphatic rings. The summed E-state index contributed by atoms with van der Waals surface area (Å²) >= 11 is 0. The smallest absolute Gasteiger partial charge is 0.119 e. The lowest BCUT2D eigenvalue weighted by Gasteiger charge is -2.09. The lowest BCUT2D eigenvalue weighted by atomic mass is 10.00. The Kier molecular flexibility index (Phi) is 6.71. The van der Waals surface area contributed by atoms with Gasteiger partial charge in [0.25, 0.3) is 0 Å². The summed E-state index contributed by atoms with van der Waals surface area (Å²) in [4.78, 5) is 0. The van der Waals surface area contributed by atoms with Gasteiger partial charge in [0.05, 0.1) is 6.61 Å². The van der Waals surface area contributed by atoms with E-state index in [0.717, 1.165) is 24.0 Å². The average Bonchev–Trinajstić information content (AvgIpc) is 2.35. The minimum Gasteiger partial charge on any atom is -0.508 e. The van der Waals surface area contributed by atoms with Crippen molar-refractivity contribution in [2.24, 2.45) is 0 Å². The third kappa shape index (κ3) is 4.78. The fourth-order valence-electron chi connectivity index (χ4n) is 2.14. The van der Waals surface area contributed by atoms with Gasteiger partial charge in [-0.1, -0.05) is 51.2 Å². The third-order valence-electron chi connectivity index (χ3n) is 3.20. The second-order valence-electron chi connectivity index (χ2n) is 4.59. The first-order valence-corrected chi connectivity index (χ1v) is 6.70. The molecule has 0 bridgehead atoms. The largest absolute Gasteiger partial charge is 0.508 e. The van der Waals surface area contributed by atoms with Crippen LogP contribution in [0.3, 0.4) is 0 Å². The number of unbranched alkanes of at least 4 members (excludes halogenated alkanes) is 5. The van der Waals surface area contributed by atoms with Crippen LogP contribution in [-0.4, -0.2) is 10.2 Å². The summed E-state index contributed by atoms with van der Waals surface area (Å²) in [5.74, 6) is 0.324. The van der Waals surface area contributed by atoms with Gasteiger partial charge >= 0.3 is 0 Å². The van der Waals surface area contributed by atoms with E-state index >= 15 is 0 Å². The Morgan fingerprint density at radius 2 is 1.71 bits per heavy atom. The van der Waals surface area contributed by atoms with Crippen LogP contribution in [0.4, 0.5) is 0 Å². The molecule has 0 unspecified atom stereocenters. The number of benzene rings is 1. The minimum absolute atomic E-state index is 0.0135. The second kappa shape index (κ2) is 8.13. The van der Waals surface area contributed by atoms with Crippen molar-refractivity contribution in [3.8, 4) is 5.75 Å². The van der Waals surface area contributed by atoms with E-state index in [1.807, 2.05) is 6.07 Å². The number of hydrogen-bond donors (Lipinski definition) is 2. The fraction of sp³-hybridized carbons (Fsp3) is 0.600. The Labute approximate surface area is 104 Å². The normalized spacial score (nSPS) is 10.7. The van der Waals surface area contributed by atoms with Gasteiger partial charge in [-0.05, 0) is 30.0 Å². The van der Waals surface area contributed by atoms with E-state index < -0.39 is 0 Å². The first-order chi connectivity index (χ1) is 8.29. The Morgan fingerprint density at radius 1 is 1.00 bits per heavy atom. The summed E-state index contributed by atoms with van der Waals surface area (Å²) in [5, 5.41) is 19.0. The maximum atomic E-state index is 9.75. The van der Waals surface area contributed by atoms with E-state index in [4.69, 9.17) is 0 Å². The lowest BCUT2D eigenvalue weighted by Crippen LogP contribution is -1.95. The van der Waals surface area contributed by atoms with Crippen LogP contribution in [0.15, 0.2) is 18.2 Å². The zero-order chi connectivity index (χ0) is 12.5. The topological polar surface area (TPSA) is 40.5 Å². The molecular formula is C15H24O2. The second-order valence-corrected chi connectivity index (χ2v) is 4.59. The summed E-state index contributed by atoms with van der Waals surface area (Å²) in [6.45, 7) is 2.23. The Balaban J connectivity index is 2.35. The van der Waals surface area contributed by atoms with Crippen molar-refractivity contribution in [1.29, 1.82) is 0 Å². The molecule has 0 heterocycles. The Hall–Kier alpha value is -1.02. The third-order valence-corrected chi connectivity index (χ3v) is 3.20. The van der Waals surface area contributed by atoms with Gasteiger partial charge in [0.1, 0.15) is 5.75 Å². The number of phenolic OH excluding ortho intramolecular Hbond substituents is 1. The standard InChI is InChI=1S/C15H24O2/c1-2-3-4-5-6-7-10-14-13(12-16)9-8-11-15(14)17/h8-9,11,16-17H,2-7,10,12H2,1H3. The van der Waals surface area contributed by atoms with Gasteiger partial charge in [-0.2, -0.15) is 0 Å². The molecule has 2 nitrogen and oxygen atoms in total. The summed E-state index contributed by atoms with van der Waals surface area (Å²) in [5.41, 5.74) is 1.78. The van der Waals surface area contributed by atoms with Crippen LogP contribution in [0, 0.1) is 0 Å². The SMILES string of the molecule is CCCCCCCCc1c(O)cccc1CO. The molecule has 2 N–H and O–H groups in total. The van der Waals surface area contributed by atoms with Gasteiger partial charge in [0, 0.05) is 0 Å². The van der Waals surface area contributed by atoms with Crippen molar-refractivity contribution in [3.05, 3.63) is 29.3 Å². The van der Waals surface area contributed by atoms with Gasteiger partial charge < -0.3 is 10.2 Å². The maximum Gasteiger partial charge on any atom is 0.119 e. The average molecular weight is 236 g/mol. The molecule has 0 saturated carbocycles.